The summed E-state index contributed by atoms with van der Waals surface area (Å²) in [7, 11) is 0. The molecule has 1 rings (SSSR count). The van der Waals surface area contributed by atoms with Crippen molar-refractivity contribution >= 4 is 11.5 Å². The van der Waals surface area contributed by atoms with Crippen molar-refractivity contribution in [3.8, 4) is 0 Å². The number of anilines is 1. The van der Waals surface area contributed by atoms with E-state index in [1.165, 1.54) is 0 Å². The van der Waals surface area contributed by atoms with Gasteiger partial charge in [-0.2, -0.15) is 0 Å². The van der Waals surface area contributed by atoms with Crippen molar-refractivity contribution in [1.29, 1.82) is 0 Å². The maximum Gasteiger partial charge on any atom is 0.163 e. The van der Waals surface area contributed by atoms with E-state index in [4.69, 9.17) is 5.73 Å². The number of carbonyl (C=O) groups excluding carboxylic acids is 1. The van der Waals surface area contributed by atoms with Crippen molar-refractivity contribution in [2.75, 3.05) is 5.73 Å². The number of hydrogen-bond acceptors (Lipinski definition) is 2. The molecule has 13 heavy (non-hydrogen) atoms. The predicted octanol–water partition coefficient (Wildman–Crippen LogP) is 2.37. The van der Waals surface area contributed by atoms with Crippen LogP contribution in [0.4, 0.5) is 5.69 Å². The van der Waals surface area contributed by atoms with Gasteiger partial charge in [0.25, 0.3) is 0 Å². The maximum absolute atomic E-state index is 11.5. The Balaban J connectivity index is 3.01. The van der Waals surface area contributed by atoms with Gasteiger partial charge in [0.1, 0.15) is 0 Å². The Hall–Kier alpha value is -1.31. The van der Waals surface area contributed by atoms with E-state index in [9.17, 15) is 4.79 Å². The molecular formula is C11H14NO. The molecular weight excluding hydrogens is 162 g/mol. The molecule has 69 valence electrons. The molecule has 2 nitrogen and oxygen atoms in total. The van der Waals surface area contributed by atoms with E-state index in [1.54, 1.807) is 12.1 Å². The van der Waals surface area contributed by atoms with Crippen molar-refractivity contribution in [1.82, 2.24) is 0 Å². The summed E-state index contributed by atoms with van der Waals surface area (Å²) in [5, 5.41) is 0. The Morgan fingerprint density at radius 2 is 2.23 bits per heavy atom. The third-order valence-corrected chi connectivity index (χ3v) is 2.08. The third-order valence-electron chi connectivity index (χ3n) is 2.08. The highest BCUT2D eigenvalue weighted by Gasteiger charge is 2.08. The Morgan fingerprint density at radius 1 is 1.54 bits per heavy atom. The van der Waals surface area contributed by atoms with Crippen LogP contribution in [0.1, 0.15) is 28.8 Å². The van der Waals surface area contributed by atoms with Crippen LogP contribution in [0, 0.1) is 13.8 Å². The second kappa shape index (κ2) is 4.08. The normalized spacial score (nSPS) is 10.0. The van der Waals surface area contributed by atoms with Crippen LogP contribution < -0.4 is 5.73 Å². The van der Waals surface area contributed by atoms with Crippen LogP contribution in [-0.4, -0.2) is 5.78 Å². The Kier molecular flexibility index (Phi) is 3.07. The van der Waals surface area contributed by atoms with Crippen LogP contribution in [0.5, 0.6) is 0 Å². The van der Waals surface area contributed by atoms with E-state index in [-0.39, 0.29) is 5.78 Å². The van der Waals surface area contributed by atoms with Gasteiger partial charge in [-0.25, -0.2) is 0 Å². The smallest absolute Gasteiger partial charge is 0.163 e. The fourth-order valence-corrected chi connectivity index (χ4v) is 1.25. The van der Waals surface area contributed by atoms with Crippen LogP contribution in [0.15, 0.2) is 18.2 Å². The first-order valence-corrected chi connectivity index (χ1v) is 4.34. The zero-order chi connectivity index (χ0) is 9.84. The van der Waals surface area contributed by atoms with Crippen LogP contribution in [0.25, 0.3) is 0 Å². The molecule has 0 heterocycles. The fourth-order valence-electron chi connectivity index (χ4n) is 1.25. The van der Waals surface area contributed by atoms with Gasteiger partial charge in [0.05, 0.1) is 0 Å². The van der Waals surface area contributed by atoms with Gasteiger partial charge in [-0.3, -0.25) is 4.79 Å². The van der Waals surface area contributed by atoms with E-state index in [0.29, 0.717) is 18.5 Å². The minimum atomic E-state index is 0.125. The van der Waals surface area contributed by atoms with Crippen molar-refractivity contribution in [2.45, 2.75) is 19.8 Å². The average Bonchev–Trinajstić information content (AvgIpc) is 2.10. The van der Waals surface area contributed by atoms with Crippen LogP contribution >= 0.6 is 0 Å². The molecule has 0 amide bonds. The molecule has 0 bridgehead atoms. The summed E-state index contributed by atoms with van der Waals surface area (Å²) in [5.41, 5.74) is 7.96. The number of nitrogen functional groups attached to an aromatic ring is 1. The molecule has 1 aromatic carbocycles. The highest BCUT2D eigenvalue weighted by atomic mass is 16.1. The van der Waals surface area contributed by atoms with Gasteiger partial charge >= 0.3 is 0 Å². The molecule has 1 radical (unpaired) electrons. The number of ketones is 1. The predicted molar refractivity (Wildman–Crippen MR) is 54.5 cm³/mol. The summed E-state index contributed by atoms with van der Waals surface area (Å²) < 4.78 is 0. The zero-order valence-corrected chi connectivity index (χ0v) is 7.84. The highest BCUT2D eigenvalue weighted by Crippen LogP contribution is 2.17. The molecule has 0 aliphatic carbocycles. The average molecular weight is 176 g/mol. The number of Topliss-reactive ketones (excluding diaryl/α,β-unsaturated/α-hetero) is 1. The van der Waals surface area contributed by atoms with Crippen molar-refractivity contribution < 1.29 is 4.79 Å². The molecule has 0 saturated heterocycles. The topological polar surface area (TPSA) is 43.1 Å². The maximum atomic E-state index is 11.5. The number of nitrogens with two attached hydrogens (primary N) is 1. The lowest BCUT2D eigenvalue weighted by molar-refractivity contribution is 0.0983. The van der Waals surface area contributed by atoms with E-state index in [0.717, 1.165) is 11.1 Å². The van der Waals surface area contributed by atoms with Gasteiger partial charge in [-0.15, -0.1) is 0 Å². The minimum Gasteiger partial charge on any atom is -0.398 e. The minimum absolute atomic E-state index is 0.125. The molecule has 2 heteroatoms. The molecule has 0 aromatic heterocycles. The van der Waals surface area contributed by atoms with E-state index < -0.39 is 0 Å². The summed E-state index contributed by atoms with van der Waals surface area (Å²) >= 11 is 0. The number of carbonyl (C=O) groups is 1. The quantitative estimate of drug-likeness (QED) is 0.567. The van der Waals surface area contributed by atoms with Crippen LogP contribution in [0.3, 0.4) is 0 Å². The van der Waals surface area contributed by atoms with Crippen molar-refractivity contribution in [3.05, 3.63) is 36.2 Å². The summed E-state index contributed by atoms with van der Waals surface area (Å²) in [6.45, 7) is 5.52. The molecule has 0 unspecified atom stereocenters. The van der Waals surface area contributed by atoms with Gasteiger partial charge in [-0.1, -0.05) is 19.1 Å². The summed E-state index contributed by atoms with van der Waals surface area (Å²) in [5.74, 6) is 0.125. The van der Waals surface area contributed by atoms with E-state index in [2.05, 4.69) is 6.92 Å². The molecule has 0 aliphatic rings. The molecule has 0 atom stereocenters. The Bertz CT molecular complexity index is 318. The largest absolute Gasteiger partial charge is 0.398 e. The fraction of sp³-hybridized carbons (Fsp3) is 0.273. The second-order valence-corrected chi connectivity index (χ2v) is 3.05. The molecule has 0 saturated carbocycles. The molecule has 0 fully saturated rings. The summed E-state index contributed by atoms with van der Waals surface area (Å²) in [4.78, 5) is 11.5. The summed E-state index contributed by atoms with van der Waals surface area (Å²) in [6, 6.07) is 5.42. The van der Waals surface area contributed by atoms with Crippen molar-refractivity contribution in [3.63, 3.8) is 0 Å². The van der Waals surface area contributed by atoms with Crippen molar-refractivity contribution in [2.24, 2.45) is 0 Å². The third kappa shape index (κ3) is 2.08. The van der Waals surface area contributed by atoms with E-state index >= 15 is 0 Å². The lowest BCUT2D eigenvalue weighted by Crippen LogP contribution is -2.03. The summed E-state index contributed by atoms with van der Waals surface area (Å²) in [6.07, 6.45) is 1.12. The Morgan fingerprint density at radius 3 is 2.85 bits per heavy atom. The first-order valence-electron chi connectivity index (χ1n) is 4.34. The van der Waals surface area contributed by atoms with Gasteiger partial charge < -0.3 is 5.73 Å². The highest BCUT2D eigenvalue weighted by molar-refractivity contribution is 5.98. The van der Waals surface area contributed by atoms with Crippen LogP contribution in [0.2, 0.25) is 0 Å². The Labute approximate surface area is 78.8 Å². The lowest BCUT2D eigenvalue weighted by atomic mass is 10.0. The molecule has 0 aliphatic heterocycles. The first kappa shape index (κ1) is 9.78. The first-order chi connectivity index (χ1) is 6.16. The number of hydrogen-bond donors (Lipinski definition) is 1. The zero-order valence-electron chi connectivity index (χ0n) is 7.84. The number of rotatable bonds is 3. The molecule has 1 aromatic rings. The lowest BCUT2D eigenvalue weighted by Gasteiger charge is -2.05. The van der Waals surface area contributed by atoms with E-state index in [1.807, 2.05) is 13.0 Å². The number of benzene rings is 1. The van der Waals surface area contributed by atoms with Crippen LogP contribution in [-0.2, 0) is 0 Å². The standard InChI is InChI=1S/C11H14NO/c1-3-5-11(13)9-6-4-7-10(12)8(9)2/h4,6-7H,1,3,5,12H2,2H3. The second-order valence-electron chi connectivity index (χ2n) is 3.05. The van der Waals surface area contributed by atoms with Gasteiger partial charge in [0.15, 0.2) is 5.78 Å². The van der Waals surface area contributed by atoms with Gasteiger partial charge in [-0.05, 0) is 25.0 Å². The van der Waals surface area contributed by atoms with Gasteiger partial charge in [0, 0.05) is 17.7 Å². The van der Waals surface area contributed by atoms with Gasteiger partial charge in [0.2, 0.25) is 0 Å². The molecule has 0 spiro atoms. The molecule has 2 N–H and O–H groups in total. The SMILES string of the molecule is [CH2]CCC(=O)c1cccc(N)c1C. The monoisotopic (exact) mass is 176 g/mol.